The lowest BCUT2D eigenvalue weighted by molar-refractivity contribution is 0.356. The second-order valence-electron chi connectivity index (χ2n) is 9.24. The Balaban J connectivity index is 1.20. The molecule has 3 aromatic rings. The largest absolute Gasteiger partial charge is 0.358 e. The van der Waals surface area contributed by atoms with Gasteiger partial charge in [0, 0.05) is 34.1 Å². The average Bonchev–Trinajstić information content (AvgIpc) is 3.18. The number of rotatable bonds is 7. The third-order valence-corrected chi connectivity index (χ3v) is 8.13. The lowest BCUT2D eigenvalue weighted by Gasteiger charge is -2.30. The molecule has 0 amide bonds. The molecule has 162 valence electrons. The number of aryl methyl sites for hydroxylation is 1. The van der Waals surface area contributed by atoms with Gasteiger partial charge in [0.25, 0.3) is 0 Å². The summed E-state index contributed by atoms with van der Waals surface area (Å²) in [4.78, 5) is 5.07. The summed E-state index contributed by atoms with van der Waals surface area (Å²) < 4.78 is 0. The highest BCUT2D eigenvalue weighted by atomic mass is 32.2. The van der Waals surface area contributed by atoms with E-state index in [4.69, 9.17) is 0 Å². The molecule has 1 aromatic heterocycles. The van der Waals surface area contributed by atoms with Crippen molar-refractivity contribution in [1.82, 2.24) is 10.3 Å². The van der Waals surface area contributed by atoms with Crippen LogP contribution in [0.3, 0.4) is 0 Å². The summed E-state index contributed by atoms with van der Waals surface area (Å²) in [6.07, 6.45) is 11.1. The number of hydrogen-bond donors (Lipinski definition) is 2. The number of aromatic amines is 1. The maximum absolute atomic E-state index is 3.78. The molecule has 2 aliphatic rings. The highest BCUT2D eigenvalue weighted by molar-refractivity contribution is 7.99. The maximum Gasteiger partial charge on any atom is 0.0458 e. The SMILES string of the molecule is CCCCSc1ccc(C2=CCNC(CC3CCc4[nH]c5ccccc5c4C3)C2)cc1. The predicted octanol–water partition coefficient (Wildman–Crippen LogP) is 7.00. The quantitative estimate of drug-likeness (QED) is 0.312. The predicted molar refractivity (Wildman–Crippen MR) is 135 cm³/mol. The van der Waals surface area contributed by atoms with Crippen LogP contribution in [0.15, 0.2) is 59.5 Å². The van der Waals surface area contributed by atoms with Crippen molar-refractivity contribution < 1.29 is 0 Å². The number of H-pyrrole nitrogens is 1. The normalized spacial score (nSPS) is 21.1. The molecule has 0 spiro atoms. The fraction of sp³-hybridized carbons (Fsp3) is 0.429. The van der Waals surface area contributed by atoms with Gasteiger partial charge in [0.15, 0.2) is 0 Å². The Morgan fingerprint density at radius 3 is 2.77 bits per heavy atom. The Hall–Kier alpha value is -1.97. The number of aromatic nitrogens is 1. The van der Waals surface area contributed by atoms with E-state index < -0.39 is 0 Å². The summed E-state index contributed by atoms with van der Waals surface area (Å²) in [5.74, 6) is 2.00. The molecule has 0 fully saturated rings. The first-order valence-electron chi connectivity index (χ1n) is 12.0. The van der Waals surface area contributed by atoms with Gasteiger partial charge in [-0.25, -0.2) is 0 Å². The van der Waals surface area contributed by atoms with Crippen molar-refractivity contribution >= 4 is 28.2 Å². The fourth-order valence-electron chi connectivity index (χ4n) is 5.32. The molecule has 0 radical (unpaired) electrons. The van der Waals surface area contributed by atoms with Gasteiger partial charge in [-0.1, -0.05) is 49.8 Å². The lowest BCUT2D eigenvalue weighted by atomic mass is 9.80. The average molecular weight is 431 g/mol. The minimum Gasteiger partial charge on any atom is -0.358 e. The Bertz CT molecular complexity index is 1050. The van der Waals surface area contributed by atoms with Crippen LogP contribution >= 0.6 is 11.8 Å². The third kappa shape index (κ3) is 4.78. The van der Waals surface area contributed by atoms with Gasteiger partial charge in [-0.2, -0.15) is 0 Å². The third-order valence-electron chi connectivity index (χ3n) is 7.03. The molecule has 3 heteroatoms. The van der Waals surface area contributed by atoms with Crippen LogP contribution in [0.25, 0.3) is 16.5 Å². The Labute approximate surface area is 190 Å². The van der Waals surface area contributed by atoms with Gasteiger partial charge in [-0.15, -0.1) is 11.8 Å². The van der Waals surface area contributed by atoms with E-state index in [0.29, 0.717) is 6.04 Å². The molecule has 0 saturated carbocycles. The summed E-state index contributed by atoms with van der Waals surface area (Å²) in [5, 5.41) is 5.22. The standard InChI is InChI=1S/C28H34N2S/c1-2-3-16-31-24-11-9-21(10-12-24)22-14-15-29-23(19-22)17-20-8-13-28-26(18-20)25-6-4-5-7-27(25)30-28/h4-7,9-12,14,20,23,29-30H,2-3,8,13,15-19H2,1H3. The molecule has 2 aromatic carbocycles. The van der Waals surface area contributed by atoms with Crippen LogP contribution < -0.4 is 5.32 Å². The Morgan fingerprint density at radius 2 is 1.90 bits per heavy atom. The van der Waals surface area contributed by atoms with Crippen molar-refractivity contribution in [3.63, 3.8) is 0 Å². The molecule has 31 heavy (non-hydrogen) atoms. The van der Waals surface area contributed by atoms with Crippen LogP contribution in [-0.4, -0.2) is 23.3 Å². The van der Waals surface area contributed by atoms with Crippen molar-refractivity contribution in [3.8, 4) is 0 Å². The molecule has 2 atom stereocenters. The van der Waals surface area contributed by atoms with E-state index in [0.717, 1.165) is 18.9 Å². The van der Waals surface area contributed by atoms with Crippen molar-refractivity contribution in [2.75, 3.05) is 12.3 Å². The molecule has 1 aliphatic heterocycles. The maximum atomic E-state index is 3.78. The van der Waals surface area contributed by atoms with Gasteiger partial charge in [-0.3, -0.25) is 0 Å². The lowest BCUT2D eigenvalue weighted by Crippen LogP contribution is -2.35. The molecule has 2 N–H and O–H groups in total. The number of fused-ring (bicyclic) bond motifs is 3. The smallest absolute Gasteiger partial charge is 0.0458 e. The summed E-state index contributed by atoms with van der Waals surface area (Å²) in [6, 6.07) is 18.7. The van der Waals surface area contributed by atoms with Gasteiger partial charge in [0.05, 0.1) is 0 Å². The molecule has 1 aliphatic carbocycles. The summed E-state index contributed by atoms with van der Waals surface area (Å²) >= 11 is 1.99. The molecule has 0 saturated heterocycles. The van der Waals surface area contributed by atoms with Crippen LogP contribution in [-0.2, 0) is 12.8 Å². The molecule has 2 heterocycles. The van der Waals surface area contributed by atoms with Crippen LogP contribution in [0, 0.1) is 5.92 Å². The van der Waals surface area contributed by atoms with Gasteiger partial charge in [0.2, 0.25) is 0 Å². The number of unbranched alkanes of at least 4 members (excludes halogenated alkanes) is 1. The van der Waals surface area contributed by atoms with E-state index >= 15 is 0 Å². The van der Waals surface area contributed by atoms with Crippen molar-refractivity contribution in [2.45, 2.75) is 62.8 Å². The van der Waals surface area contributed by atoms with Crippen LogP contribution in [0.4, 0.5) is 0 Å². The highest BCUT2D eigenvalue weighted by Gasteiger charge is 2.26. The van der Waals surface area contributed by atoms with Crippen molar-refractivity contribution in [2.24, 2.45) is 5.92 Å². The highest BCUT2D eigenvalue weighted by Crippen LogP contribution is 2.35. The second-order valence-corrected chi connectivity index (χ2v) is 10.4. The molecule has 2 nitrogen and oxygen atoms in total. The van der Waals surface area contributed by atoms with Gasteiger partial charge < -0.3 is 10.3 Å². The molecule has 0 bridgehead atoms. The van der Waals surface area contributed by atoms with Gasteiger partial charge in [0.1, 0.15) is 0 Å². The van der Waals surface area contributed by atoms with Crippen molar-refractivity contribution in [1.29, 1.82) is 0 Å². The first kappa shape index (κ1) is 20.9. The van der Waals surface area contributed by atoms with Gasteiger partial charge in [-0.05, 0) is 85.1 Å². The molecule has 2 unspecified atom stereocenters. The van der Waals surface area contributed by atoms with Crippen LogP contribution in [0.1, 0.15) is 55.8 Å². The van der Waals surface area contributed by atoms with Gasteiger partial charge >= 0.3 is 0 Å². The minimum atomic E-state index is 0.593. The topological polar surface area (TPSA) is 27.8 Å². The summed E-state index contributed by atoms with van der Waals surface area (Å²) in [6.45, 7) is 3.26. The first-order chi connectivity index (χ1) is 15.3. The Kier molecular flexibility index (Phi) is 6.52. The zero-order valence-electron chi connectivity index (χ0n) is 18.6. The van der Waals surface area contributed by atoms with E-state index in [1.165, 1.54) is 76.9 Å². The van der Waals surface area contributed by atoms with E-state index in [9.17, 15) is 0 Å². The van der Waals surface area contributed by atoms with Crippen LogP contribution in [0.5, 0.6) is 0 Å². The van der Waals surface area contributed by atoms with E-state index in [2.05, 4.69) is 71.8 Å². The monoisotopic (exact) mass is 430 g/mol. The van der Waals surface area contributed by atoms with Crippen LogP contribution in [0.2, 0.25) is 0 Å². The zero-order chi connectivity index (χ0) is 21.0. The molecular formula is C28H34N2S. The number of benzene rings is 2. The first-order valence-corrected chi connectivity index (χ1v) is 13.0. The molecule has 5 rings (SSSR count). The number of para-hydroxylation sites is 1. The Morgan fingerprint density at radius 1 is 1.03 bits per heavy atom. The number of hydrogen-bond acceptors (Lipinski definition) is 2. The van der Waals surface area contributed by atoms with Crippen molar-refractivity contribution in [3.05, 3.63) is 71.4 Å². The zero-order valence-corrected chi connectivity index (χ0v) is 19.4. The summed E-state index contributed by atoms with van der Waals surface area (Å²) in [5.41, 5.74) is 7.30. The molecular weight excluding hydrogens is 396 g/mol. The summed E-state index contributed by atoms with van der Waals surface area (Å²) in [7, 11) is 0. The minimum absolute atomic E-state index is 0.593. The number of thioether (sulfide) groups is 1. The second kappa shape index (κ2) is 9.67. The fourth-order valence-corrected chi connectivity index (χ4v) is 6.31. The van der Waals surface area contributed by atoms with E-state index in [1.54, 1.807) is 5.56 Å². The van der Waals surface area contributed by atoms with E-state index in [1.807, 2.05) is 11.8 Å². The number of nitrogens with one attached hydrogen (secondary N) is 2. The van der Waals surface area contributed by atoms with E-state index in [-0.39, 0.29) is 0 Å².